The van der Waals surface area contributed by atoms with Crippen LogP contribution in [-0.4, -0.2) is 33.1 Å². The molecule has 0 spiro atoms. The number of hydrogen-bond acceptors (Lipinski definition) is 5. The molecule has 0 aliphatic carbocycles. The Morgan fingerprint density at radius 1 is 0.969 bits per heavy atom. The average Bonchev–Trinajstić information content (AvgIpc) is 3.23. The van der Waals surface area contributed by atoms with Crippen LogP contribution >= 0.6 is 0 Å². The number of benzene rings is 3. The average molecular weight is 429 g/mol. The Balaban J connectivity index is 1.66. The van der Waals surface area contributed by atoms with Crippen molar-refractivity contribution in [3.63, 3.8) is 0 Å². The fraction of sp³-hybridized carbons (Fsp3) is 0.120. The first-order chi connectivity index (χ1) is 15.4. The molecule has 160 valence electrons. The van der Waals surface area contributed by atoms with E-state index in [4.69, 9.17) is 4.74 Å². The SMILES string of the molecule is Cc1ccc(-n2nc(C(=O)OCC(=O)c3ccccc3)nc2-c2ccc(F)cc2)c(C)c1. The number of Topliss-reactive ketones (excluding diaryl/α,β-unsaturated/α-hetero) is 1. The summed E-state index contributed by atoms with van der Waals surface area (Å²) in [5.74, 6) is -1.36. The normalized spacial score (nSPS) is 10.7. The molecule has 1 aromatic heterocycles. The molecule has 1 heterocycles. The molecule has 0 saturated carbocycles. The van der Waals surface area contributed by atoms with Crippen molar-refractivity contribution in [3.8, 4) is 17.1 Å². The highest BCUT2D eigenvalue weighted by Crippen LogP contribution is 2.24. The topological polar surface area (TPSA) is 74.1 Å². The second-order valence-electron chi connectivity index (χ2n) is 7.33. The zero-order valence-electron chi connectivity index (χ0n) is 17.6. The molecule has 0 aliphatic heterocycles. The number of carbonyl (C=O) groups excluding carboxylic acids is 2. The Labute approximate surface area is 184 Å². The lowest BCUT2D eigenvalue weighted by Gasteiger charge is -2.09. The summed E-state index contributed by atoms with van der Waals surface area (Å²) in [6.45, 7) is 3.48. The van der Waals surface area contributed by atoms with Gasteiger partial charge in [0.25, 0.3) is 5.82 Å². The van der Waals surface area contributed by atoms with Crippen LogP contribution in [-0.2, 0) is 4.74 Å². The van der Waals surface area contributed by atoms with Crippen LogP contribution in [0.4, 0.5) is 4.39 Å². The summed E-state index contributed by atoms with van der Waals surface area (Å²) < 4.78 is 20.1. The van der Waals surface area contributed by atoms with Crippen molar-refractivity contribution < 1.29 is 18.7 Å². The predicted octanol–water partition coefficient (Wildman–Crippen LogP) is 4.73. The minimum Gasteiger partial charge on any atom is -0.451 e. The molecule has 3 aromatic carbocycles. The maximum Gasteiger partial charge on any atom is 0.378 e. The summed E-state index contributed by atoms with van der Waals surface area (Å²) in [4.78, 5) is 29.2. The summed E-state index contributed by atoms with van der Waals surface area (Å²) in [6.07, 6.45) is 0. The van der Waals surface area contributed by atoms with E-state index in [9.17, 15) is 14.0 Å². The van der Waals surface area contributed by atoms with Crippen molar-refractivity contribution in [2.75, 3.05) is 6.61 Å². The molecule has 0 saturated heterocycles. The third-order valence-electron chi connectivity index (χ3n) is 4.90. The fourth-order valence-corrected chi connectivity index (χ4v) is 3.30. The van der Waals surface area contributed by atoms with Crippen LogP contribution in [0, 0.1) is 19.7 Å². The molecule has 6 nitrogen and oxygen atoms in total. The molecule has 4 rings (SSSR count). The van der Waals surface area contributed by atoms with E-state index in [1.54, 1.807) is 42.5 Å². The molecule has 0 amide bonds. The Kier molecular flexibility index (Phi) is 5.89. The first-order valence-corrected chi connectivity index (χ1v) is 9.98. The van der Waals surface area contributed by atoms with Crippen molar-refractivity contribution >= 4 is 11.8 Å². The second kappa shape index (κ2) is 8.93. The van der Waals surface area contributed by atoms with Gasteiger partial charge in [-0.3, -0.25) is 4.79 Å². The first kappa shape index (κ1) is 21.1. The predicted molar refractivity (Wildman–Crippen MR) is 117 cm³/mol. The van der Waals surface area contributed by atoms with Gasteiger partial charge >= 0.3 is 5.97 Å². The van der Waals surface area contributed by atoms with Gasteiger partial charge in [0.05, 0.1) is 5.69 Å². The van der Waals surface area contributed by atoms with Gasteiger partial charge in [-0.15, -0.1) is 5.10 Å². The summed E-state index contributed by atoms with van der Waals surface area (Å²) in [5.41, 5.74) is 3.76. The molecule has 0 aliphatic rings. The monoisotopic (exact) mass is 429 g/mol. The minimum absolute atomic E-state index is 0.190. The van der Waals surface area contributed by atoms with E-state index in [2.05, 4.69) is 10.1 Å². The van der Waals surface area contributed by atoms with Gasteiger partial charge < -0.3 is 4.74 Å². The third-order valence-corrected chi connectivity index (χ3v) is 4.90. The van der Waals surface area contributed by atoms with Crippen molar-refractivity contribution in [3.05, 3.63) is 101 Å². The number of esters is 1. The summed E-state index contributed by atoms with van der Waals surface area (Å²) in [6, 6.07) is 20.1. The largest absolute Gasteiger partial charge is 0.451 e. The molecular weight excluding hydrogens is 409 g/mol. The lowest BCUT2D eigenvalue weighted by Crippen LogP contribution is -2.15. The van der Waals surface area contributed by atoms with E-state index in [-0.39, 0.29) is 17.4 Å². The number of aromatic nitrogens is 3. The molecule has 0 bridgehead atoms. The van der Waals surface area contributed by atoms with E-state index in [1.165, 1.54) is 16.8 Å². The van der Waals surface area contributed by atoms with E-state index in [0.717, 1.165) is 16.8 Å². The van der Waals surface area contributed by atoms with Gasteiger partial charge in [0.1, 0.15) is 5.82 Å². The fourth-order valence-electron chi connectivity index (χ4n) is 3.30. The van der Waals surface area contributed by atoms with Gasteiger partial charge in [-0.05, 0) is 49.7 Å². The highest BCUT2D eigenvalue weighted by molar-refractivity contribution is 5.98. The van der Waals surface area contributed by atoms with Crippen LogP contribution in [0.15, 0.2) is 72.8 Å². The molecule has 0 unspecified atom stereocenters. The zero-order valence-corrected chi connectivity index (χ0v) is 17.6. The van der Waals surface area contributed by atoms with E-state index < -0.39 is 12.6 Å². The molecule has 0 atom stereocenters. The van der Waals surface area contributed by atoms with Gasteiger partial charge in [0.15, 0.2) is 18.2 Å². The van der Waals surface area contributed by atoms with Gasteiger partial charge in [-0.2, -0.15) is 0 Å². The molecule has 32 heavy (non-hydrogen) atoms. The number of ether oxygens (including phenoxy) is 1. The Morgan fingerprint density at radius 3 is 2.38 bits per heavy atom. The van der Waals surface area contributed by atoms with E-state index in [1.807, 2.05) is 32.0 Å². The maximum absolute atomic E-state index is 13.4. The number of halogens is 1. The first-order valence-electron chi connectivity index (χ1n) is 9.98. The lowest BCUT2D eigenvalue weighted by molar-refractivity contribution is 0.0462. The summed E-state index contributed by atoms with van der Waals surface area (Å²) >= 11 is 0. The number of nitrogens with zero attached hydrogens (tertiary/aromatic N) is 3. The number of hydrogen-bond donors (Lipinski definition) is 0. The third kappa shape index (κ3) is 4.46. The molecule has 0 fully saturated rings. The molecular formula is C25H20FN3O3. The van der Waals surface area contributed by atoms with Crippen LogP contribution in [0.5, 0.6) is 0 Å². The van der Waals surface area contributed by atoms with Gasteiger partial charge in [0.2, 0.25) is 0 Å². The molecule has 0 radical (unpaired) electrons. The standard InChI is InChI=1S/C25H20FN3O3/c1-16-8-13-21(17(2)14-16)29-24(19-9-11-20(26)12-10-19)27-23(28-29)25(31)32-15-22(30)18-6-4-3-5-7-18/h3-14H,15H2,1-2H3. The zero-order chi connectivity index (χ0) is 22.7. The highest BCUT2D eigenvalue weighted by Gasteiger charge is 2.22. The number of aryl methyl sites for hydroxylation is 2. The van der Waals surface area contributed by atoms with Crippen LogP contribution < -0.4 is 0 Å². The molecule has 0 N–H and O–H groups in total. The van der Waals surface area contributed by atoms with Crippen molar-refractivity contribution in [1.82, 2.24) is 14.8 Å². The molecule has 4 aromatic rings. The number of carbonyl (C=O) groups is 2. The van der Waals surface area contributed by atoms with Crippen LogP contribution in [0.1, 0.15) is 32.1 Å². The minimum atomic E-state index is -0.818. The van der Waals surface area contributed by atoms with Gasteiger partial charge in [0, 0.05) is 11.1 Å². The second-order valence-corrected chi connectivity index (χ2v) is 7.33. The summed E-state index contributed by atoms with van der Waals surface area (Å²) in [5, 5.41) is 4.35. The van der Waals surface area contributed by atoms with Crippen LogP contribution in [0.2, 0.25) is 0 Å². The Bertz CT molecular complexity index is 1280. The lowest BCUT2D eigenvalue weighted by atomic mass is 10.1. The quantitative estimate of drug-likeness (QED) is 0.327. The van der Waals surface area contributed by atoms with E-state index >= 15 is 0 Å². The van der Waals surface area contributed by atoms with Gasteiger partial charge in [-0.1, -0.05) is 48.0 Å². The van der Waals surface area contributed by atoms with E-state index in [0.29, 0.717) is 17.0 Å². The van der Waals surface area contributed by atoms with Crippen molar-refractivity contribution in [2.24, 2.45) is 0 Å². The van der Waals surface area contributed by atoms with Crippen molar-refractivity contribution in [2.45, 2.75) is 13.8 Å². The maximum atomic E-state index is 13.4. The number of ketones is 1. The van der Waals surface area contributed by atoms with Gasteiger partial charge in [-0.25, -0.2) is 18.9 Å². The van der Waals surface area contributed by atoms with Crippen LogP contribution in [0.3, 0.4) is 0 Å². The van der Waals surface area contributed by atoms with Crippen LogP contribution in [0.25, 0.3) is 17.1 Å². The molecule has 7 heteroatoms. The Hall–Kier alpha value is -4.13. The van der Waals surface area contributed by atoms with Crippen molar-refractivity contribution in [1.29, 1.82) is 0 Å². The number of rotatable bonds is 6. The Morgan fingerprint density at radius 2 is 1.69 bits per heavy atom. The highest BCUT2D eigenvalue weighted by atomic mass is 19.1. The smallest absolute Gasteiger partial charge is 0.378 e. The summed E-state index contributed by atoms with van der Waals surface area (Å²) in [7, 11) is 0.